The molecule has 1 aliphatic heterocycles. The van der Waals surface area contributed by atoms with Gasteiger partial charge in [0.1, 0.15) is 6.04 Å². The van der Waals surface area contributed by atoms with E-state index in [2.05, 4.69) is 48.5 Å². The summed E-state index contributed by atoms with van der Waals surface area (Å²) in [5.41, 5.74) is 1.26. The summed E-state index contributed by atoms with van der Waals surface area (Å²) in [6.45, 7) is 7.09. The van der Waals surface area contributed by atoms with Crippen molar-refractivity contribution >= 4 is 11.9 Å². The Morgan fingerprint density at radius 3 is 2.55 bits per heavy atom. The molecule has 2 rings (SSSR count). The average Bonchev–Trinajstić information content (AvgIpc) is 2.78. The molecular formula is C16H23N3O. The minimum Gasteiger partial charge on any atom is -0.344 e. The van der Waals surface area contributed by atoms with Gasteiger partial charge in [-0.1, -0.05) is 51.1 Å². The molecule has 0 radical (unpaired) electrons. The third-order valence-corrected chi connectivity index (χ3v) is 3.44. The van der Waals surface area contributed by atoms with Gasteiger partial charge >= 0.3 is 0 Å². The van der Waals surface area contributed by atoms with E-state index in [0.717, 1.165) is 13.0 Å². The Balaban J connectivity index is 1.94. The van der Waals surface area contributed by atoms with Gasteiger partial charge in [0.2, 0.25) is 5.91 Å². The first-order valence-electron chi connectivity index (χ1n) is 7.23. The van der Waals surface area contributed by atoms with Crippen LogP contribution in [0.1, 0.15) is 38.7 Å². The summed E-state index contributed by atoms with van der Waals surface area (Å²) < 4.78 is 0. The third kappa shape index (κ3) is 3.83. The molecule has 1 aliphatic rings. The quantitative estimate of drug-likeness (QED) is 0.864. The Bertz CT molecular complexity index is 482. The van der Waals surface area contributed by atoms with Gasteiger partial charge in [0.25, 0.3) is 0 Å². The molecule has 2 unspecified atom stereocenters. The number of carbonyl (C=O) groups is 1. The van der Waals surface area contributed by atoms with Crippen molar-refractivity contribution in [3.8, 4) is 0 Å². The maximum absolute atomic E-state index is 11.9. The minimum absolute atomic E-state index is 0.0234. The molecule has 0 aromatic heterocycles. The van der Waals surface area contributed by atoms with Gasteiger partial charge in [-0.3, -0.25) is 15.1 Å². The summed E-state index contributed by atoms with van der Waals surface area (Å²) in [5, 5.41) is 6.00. The standard InChI is InChI=1S/C16H23N3O/c1-11(2)10-17-16-18-14(15(20)19-16)9-12(3)13-7-5-4-6-8-13/h4-8,11-12,14H,9-10H2,1-3H3,(H2,17,18,19,20). The van der Waals surface area contributed by atoms with Gasteiger partial charge in [-0.2, -0.15) is 0 Å². The maximum atomic E-state index is 11.9. The highest BCUT2D eigenvalue weighted by Crippen LogP contribution is 2.21. The number of amides is 1. The number of carbonyl (C=O) groups excluding carboxylic acids is 1. The average molecular weight is 273 g/mol. The summed E-state index contributed by atoms with van der Waals surface area (Å²) in [7, 11) is 0. The van der Waals surface area contributed by atoms with E-state index in [4.69, 9.17) is 0 Å². The van der Waals surface area contributed by atoms with Crippen molar-refractivity contribution in [1.82, 2.24) is 10.6 Å². The van der Waals surface area contributed by atoms with E-state index >= 15 is 0 Å². The lowest BCUT2D eigenvalue weighted by Gasteiger charge is -2.15. The minimum atomic E-state index is -0.184. The van der Waals surface area contributed by atoms with E-state index < -0.39 is 0 Å². The molecule has 20 heavy (non-hydrogen) atoms. The van der Waals surface area contributed by atoms with Crippen molar-refractivity contribution in [1.29, 1.82) is 0 Å². The van der Waals surface area contributed by atoms with Crippen LogP contribution in [0.2, 0.25) is 0 Å². The molecular weight excluding hydrogens is 250 g/mol. The molecule has 108 valence electrons. The van der Waals surface area contributed by atoms with Gasteiger partial charge in [0.05, 0.1) is 0 Å². The van der Waals surface area contributed by atoms with E-state index in [1.165, 1.54) is 5.56 Å². The lowest BCUT2D eigenvalue weighted by atomic mass is 9.94. The van der Waals surface area contributed by atoms with Crippen LogP contribution in [0.4, 0.5) is 0 Å². The van der Waals surface area contributed by atoms with Crippen molar-refractivity contribution in [2.24, 2.45) is 10.9 Å². The van der Waals surface area contributed by atoms with Crippen LogP contribution in [0, 0.1) is 5.92 Å². The molecule has 1 heterocycles. The highest BCUT2D eigenvalue weighted by atomic mass is 16.2. The molecule has 0 bridgehead atoms. The fourth-order valence-electron chi connectivity index (χ4n) is 2.27. The van der Waals surface area contributed by atoms with Gasteiger partial charge in [0, 0.05) is 6.54 Å². The monoisotopic (exact) mass is 273 g/mol. The molecule has 4 heteroatoms. The van der Waals surface area contributed by atoms with Crippen LogP contribution >= 0.6 is 0 Å². The van der Waals surface area contributed by atoms with Crippen LogP contribution in [0.5, 0.6) is 0 Å². The van der Waals surface area contributed by atoms with Gasteiger partial charge in [-0.15, -0.1) is 0 Å². The molecule has 1 amide bonds. The molecule has 1 aromatic carbocycles. The van der Waals surface area contributed by atoms with Gasteiger partial charge < -0.3 is 5.32 Å². The van der Waals surface area contributed by atoms with Crippen LogP contribution in [0.25, 0.3) is 0 Å². The molecule has 0 aliphatic carbocycles. The lowest BCUT2D eigenvalue weighted by molar-refractivity contribution is -0.120. The predicted octanol–water partition coefficient (Wildman–Crippen LogP) is 2.28. The van der Waals surface area contributed by atoms with E-state index in [0.29, 0.717) is 17.8 Å². The van der Waals surface area contributed by atoms with Crippen molar-refractivity contribution in [2.75, 3.05) is 6.54 Å². The largest absolute Gasteiger partial charge is 0.344 e. The number of nitrogens with zero attached hydrogens (tertiary/aromatic N) is 1. The van der Waals surface area contributed by atoms with Gasteiger partial charge in [-0.05, 0) is 23.8 Å². The highest BCUT2D eigenvalue weighted by Gasteiger charge is 2.29. The number of rotatable bonds is 5. The topological polar surface area (TPSA) is 53.5 Å². The van der Waals surface area contributed by atoms with E-state index in [1.54, 1.807) is 0 Å². The summed E-state index contributed by atoms with van der Waals surface area (Å²) in [6, 6.07) is 10.1. The first kappa shape index (κ1) is 14.6. The van der Waals surface area contributed by atoms with Gasteiger partial charge in [0.15, 0.2) is 5.96 Å². The SMILES string of the molecule is CC(C)CN=C1NC(=O)C(CC(C)c2ccccc2)N1. The first-order chi connectivity index (χ1) is 9.56. The second-order valence-electron chi connectivity index (χ2n) is 5.82. The van der Waals surface area contributed by atoms with Crippen LogP contribution in [0.3, 0.4) is 0 Å². The molecule has 2 N–H and O–H groups in total. The highest BCUT2D eigenvalue weighted by molar-refractivity contribution is 6.06. The molecule has 0 saturated carbocycles. The Hall–Kier alpha value is -1.84. The third-order valence-electron chi connectivity index (χ3n) is 3.44. The summed E-state index contributed by atoms with van der Waals surface area (Å²) in [6.07, 6.45) is 0.774. The molecule has 4 nitrogen and oxygen atoms in total. The smallest absolute Gasteiger partial charge is 0.249 e. The van der Waals surface area contributed by atoms with Crippen molar-refractivity contribution in [3.63, 3.8) is 0 Å². The summed E-state index contributed by atoms with van der Waals surface area (Å²) in [4.78, 5) is 16.3. The summed E-state index contributed by atoms with van der Waals surface area (Å²) >= 11 is 0. The Morgan fingerprint density at radius 2 is 1.90 bits per heavy atom. The lowest BCUT2D eigenvalue weighted by Crippen LogP contribution is -2.30. The van der Waals surface area contributed by atoms with Crippen LogP contribution in [0.15, 0.2) is 35.3 Å². The Labute approximate surface area is 120 Å². The zero-order chi connectivity index (χ0) is 14.5. The molecule has 1 fully saturated rings. The van der Waals surface area contributed by atoms with Crippen molar-refractivity contribution in [2.45, 2.75) is 39.2 Å². The second-order valence-corrected chi connectivity index (χ2v) is 5.82. The maximum Gasteiger partial charge on any atom is 0.249 e. The molecule has 1 saturated heterocycles. The number of nitrogens with one attached hydrogen (secondary N) is 2. The second kappa shape index (κ2) is 6.55. The fourth-order valence-corrected chi connectivity index (χ4v) is 2.27. The number of aliphatic imine (C=N–C) groups is 1. The van der Waals surface area contributed by atoms with Gasteiger partial charge in [-0.25, -0.2) is 0 Å². The van der Waals surface area contributed by atoms with Crippen molar-refractivity contribution < 1.29 is 4.79 Å². The molecule has 1 aromatic rings. The zero-order valence-electron chi connectivity index (χ0n) is 12.4. The number of hydrogen-bond acceptors (Lipinski definition) is 2. The van der Waals surface area contributed by atoms with E-state index in [9.17, 15) is 4.79 Å². The number of hydrogen-bond donors (Lipinski definition) is 2. The molecule has 2 atom stereocenters. The Morgan fingerprint density at radius 1 is 1.20 bits per heavy atom. The number of benzene rings is 1. The zero-order valence-corrected chi connectivity index (χ0v) is 12.4. The van der Waals surface area contributed by atoms with E-state index in [1.807, 2.05) is 18.2 Å². The molecule has 0 spiro atoms. The van der Waals surface area contributed by atoms with Crippen LogP contribution in [-0.4, -0.2) is 24.5 Å². The fraction of sp³-hybridized carbons (Fsp3) is 0.500. The Kier molecular flexibility index (Phi) is 4.77. The number of guanidine groups is 1. The van der Waals surface area contributed by atoms with Crippen LogP contribution in [-0.2, 0) is 4.79 Å². The van der Waals surface area contributed by atoms with Crippen molar-refractivity contribution in [3.05, 3.63) is 35.9 Å². The van der Waals surface area contributed by atoms with E-state index in [-0.39, 0.29) is 11.9 Å². The normalized spacial score (nSPS) is 21.9. The predicted molar refractivity (Wildman–Crippen MR) is 81.7 cm³/mol. The summed E-state index contributed by atoms with van der Waals surface area (Å²) in [5.74, 6) is 1.47. The first-order valence-corrected chi connectivity index (χ1v) is 7.23. The van der Waals surface area contributed by atoms with Crippen LogP contribution < -0.4 is 10.6 Å².